The van der Waals surface area contributed by atoms with Crippen molar-refractivity contribution in [3.05, 3.63) is 35.7 Å². The topological polar surface area (TPSA) is 98.0 Å². The van der Waals surface area contributed by atoms with Gasteiger partial charge < -0.3 is 23.7 Å². The minimum Gasteiger partial charge on any atom is -0.497 e. The number of amides is 2. The summed E-state index contributed by atoms with van der Waals surface area (Å²) in [7, 11) is 1.62. The Morgan fingerprint density at radius 2 is 1.71 bits per heavy atom. The Labute approximate surface area is 186 Å². The third-order valence-electron chi connectivity index (χ3n) is 4.57. The van der Waals surface area contributed by atoms with Gasteiger partial charge in [-0.05, 0) is 38.5 Å². The van der Waals surface area contributed by atoms with Crippen LogP contribution in [0.1, 0.15) is 32.2 Å². The number of thioether (sulfide) groups is 1. The lowest BCUT2D eigenvalue weighted by Gasteiger charge is -2.35. The number of hydrogen-bond acceptors (Lipinski definition) is 8. The first kappa shape index (κ1) is 22.9. The summed E-state index contributed by atoms with van der Waals surface area (Å²) in [5.74, 6) is 1.46. The first-order chi connectivity index (χ1) is 14.7. The summed E-state index contributed by atoms with van der Waals surface area (Å²) in [4.78, 5) is 28.0. The predicted molar refractivity (Wildman–Crippen MR) is 115 cm³/mol. The molecular formula is C21H28N4O5S. The second-order valence-corrected chi connectivity index (χ2v) is 9.05. The van der Waals surface area contributed by atoms with E-state index in [1.165, 1.54) is 11.8 Å². The van der Waals surface area contributed by atoms with E-state index in [0.717, 1.165) is 11.3 Å². The molecule has 0 radical (unpaired) electrons. The van der Waals surface area contributed by atoms with Crippen LogP contribution in [0.5, 0.6) is 5.75 Å². The minimum atomic E-state index is -0.531. The Bertz CT molecular complexity index is 886. The first-order valence-electron chi connectivity index (χ1n) is 10.1. The summed E-state index contributed by atoms with van der Waals surface area (Å²) in [5.41, 5.74) is 0.497. The molecule has 2 aromatic rings. The molecule has 1 aromatic carbocycles. The highest BCUT2D eigenvalue weighted by Gasteiger charge is 2.27. The van der Waals surface area contributed by atoms with E-state index < -0.39 is 5.60 Å². The Hall–Kier alpha value is -2.75. The molecule has 0 N–H and O–H groups in total. The van der Waals surface area contributed by atoms with Gasteiger partial charge in [-0.3, -0.25) is 4.79 Å². The zero-order chi connectivity index (χ0) is 22.4. The number of hydrogen-bond donors (Lipinski definition) is 0. The molecule has 0 saturated carbocycles. The lowest BCUT2D eigenvalue weighted by atomic mass is 10.1. The molecule has 0 aliphatic carbocycles. The summed E-state index contributed by atoms with van der Waals surface area (Å²) >= 11 is 1.22. The van der Waals surface area contributed by atoms with E-state index in [0.29, 0.717) is 43.7 Å². The van der Waals surface area contributed by atoms with Crippen LogP contribution < -0.4 is 4.74 Å². The average molecular weight is 449 g/mol. The summed E-state index contributed by atoms with van der Waals surface area (Å²) in [5, 5.41) is 8.43. The van der Waals surface area contributed by atoms with Gasteiger partial charge in [0.05, 0.1) is 19.3 Å². The number of carbonyl (C=O) groups excluding carboxylic acids is 2. The van der Waals surface area contributed by atoms with Gasteiger partial charge in [0.15, 0.2) is 0 Å². The second-order valence-electron chi connectivity index (χ2n) is 8.12. The van der Waals surface area contributed by atoms with Gasteiger partial charge in [-0.25, -0.2) is 4.79 Å². The van der Waals surface area contributed by atoms with Crippen molar-refractivity contribution in [2.45, 2.75) is 38.0 Å². The van der Waals surface area contributed by atoms with Crippen molar-refractivity contribution in [2.24, 2.45) is 0 Å². The fourth-order valence-electron chi connectivity index (χ4n) is 2.97. The lowest BCUT2D eigenvalue weighted by Crippen LogP contribution is -2.52. The number of carbonyl (C=O) groups is 2. The maximum Gasteiger partial charge on any atom is 0.410 e. The zero-order valence-corrected chi connectivity index (χ0v) is 19.1. The van der Waals surface area contributed by atoms with Gasteiger partial charge in [-0.2, -0.15) is 0 Å². The van der Waals surface area contributed by atoms with Crippen molar-refractivity contribution < 1.29 is 23.5 Å². The Morgan fingerprint density at radius 3 is 2.32 bits per heavy atom. The van der Waals surface area contributed by atoms with Crippen LogP contribution in [0.15, 0.2) is 33.9 Å². The van der Waals surface area contributed by atoms with Crippen molar-refractivity contribution in [3.63, 3.8) is 0 Å². The Morgan fingerprint density at radius 1 is 1.06 bits per heavy atom. The molecule has 2 heterocycles. The predicted octanol–water partition coefficient (Wildman–Crippen LogP) is 2.84. The van der Waals surface area contributed by atoms with E-state index in [4.69, 9.17) is 13.9 Å². The van der Waals surface area contributed by atoms with Crippen molar-refractivity contribution in [1.82, 2.24) is 20.0 Å². The molecule has 168 valence electrons. The summed E-state index contributed by atoms with van der Waals surface area (Å²) in [6, 6.07) is 7.64. The molecule has 10 heteroatoms. The van der Waals surface area contributed by atoms with E-state index >= 15 is 0 Å². The SMILES string of the molecule is COc1ccc(Cc2nnc(SCC(=O)N3CCN(C(=O)OC(C)(C)C)CC3)o2)cc1. The highest BCUT2D eigenvalue weighted by Crippen LogP contribution is 2.20. The first-order valence-corrected chi connectivity index (χ1v) is 11.1. The number of benzene rings is 1. The van der Waals surface area contributed by atoms with Gasteiger partial charge in [0.1, 0.15) is 11.4 Å². The van der Waals surface area contributed by atoms with Gasteiger partial charge in [0.2, 0.25) is 11.8 Å². The molecule has 0 unspecified atom stereocenters. The molecule has 1 aromatic heterocycles. The number of ether oxygens (including phenoxy) is 2. The van der Waals surface area contributed by atoms with Crippen LogP contribution in [0.25, 0.3) is 0 Å². The van der Waals surface area contributed by atoms with Crippen molar-refractivity contribution in [3.8, 4) is 5.75 Å². The van der Waals surface area contributed by atoms with E-state index in [1.54, 1.807) is 16.9 Å². The van der Waals surface area contributed by atoms with Crippen LogP contribution in [0.3, 0.4) is 0 Å². The standard InChI is InChI=1S/C21H28N4O5S/c1-21(2,3)30-20(27)25-11-9-24(10-12-25)18(26)14-31-19-23-22-17(29-19)13-15-5-7-16(28-4)8-6-15/h5-8H,9-14H2,1-4H3. The number of nitrogens with zero attached hydrogens (tertiary/aromatic N) is 4. The largest absolute Gasteiger partial charge is 0.497 e. The van der Waals surface area contributed by atoms with Crippen LogP contribution in [0, 0.1) is 0 Å². The molecular weight excluding hydrogens is 420 g/mol. The molecule has 0 spiro atoms. The molecule has 31 heavy (non-hydrogen) atoms. The van der Waals surface area contributed by atoms with Crippen LogP contribution in [0.4, 0.5) is 4.79 Å². The van der Waals surface area contributed by atoms with Gasteiger partial charge in [0, 0.05) is 26.2 Å². The Balaban J connectivity index is 1.42. The van der Waals surface area contributed by atoms with Crippen LogP contribution in [-0.2, 0) is 16.0 Å². The van der Waals surface area contributed by atoms with E-state index in [1.807, 2.05) is 45.0 Å². The van der Waals surface area contributed by atoms with Gasteiger partial charge in [0.25, 0.3) is 5.22 Å². The van der Waals surface area contributed by atoms with Crippen LogP contribution >= 0.6 is 11.8 Å². The number of methoxy groups -OCH3 is 1. The summed E-state index contributed by atoms with van der Waals surface area (Å²) < 4.78 is 16.2. The number of rotatable bonds is 6. The minimum absolute atomic E-state index is 0.0243. The summed E-state index contributed by atoms with van der Waals surface area (Å²) in [6.07, 6.45) is 0.169. The number of piperazine rings is 1. The molecule has 0 bridgehead atoms. The molecule has 1 fully saturated rings. The maximum absolute atomic E-state index is 12.5. The van der Waals surface area contributed by atoms with Gasteiger partial charge in [-0.15, -0.1) is 10.2 Å². The third kappa shape index (κ3) is 6.88. The second kappa shape index (κ2) is 10.0. The smallest absolute Gasteiger partial charge is 0.410 e. The van der Waals surface area contributed by atoms with Crippen molar-refractivity contribution in [2.75, 3.05) is 39.0 Å². The van der Waals surface area contributed by atoms with Crippen molar-refractivity contribution >= 4 is 23.8 Å². The molecule has 0 atom stereocenters. The normalized spacial score (nSPS) is 14.5. The maximum atomic E-state index is 12.5. The highest BCUT2D eigenvalue weighted by atomic mass is 32.2. The van der Waals surface area contributed by atoms with E-state index in [9.17, 15) is 9.59 Å². The zero-order valence-electron chi connectivity index (χ0n) is 18.3. The van der Waals surface area contributed by atoms with E-state index in [2.05, 4.69) is 10.2 Å². The van der Waals surface area contributed by atoms with Gasteiger partial charge >= 0.3 is 6.09 Å². The van der Waals surface area contributed by atoms with Crippen LogP contribution in [0.2, 0.25) is 0 Å². The molecule has 1 saturated heterocycles. The van der Waals surface area contributed by atoms with Gasteiger partial charge in [-0.1, -0.05) is 23.9 Å². The average Bonchev–Trinajstić information content (AvgIpc) is 3.18. The highest BCUT2D eigenvalue weighted by molar-refractivity contribution is 7.99. The molecule has 2 amide bonds. The lowest BCUT2D eigenvalue weighted by molar-refractivity contribution is -0.130. The molecule has 9 nitrogen and oxygen atoms in total. The molecule has 3 rings (SSSR count). The van der Waals surface area contributed by atoms with Crippen LogP contribution in [-0.4, -0.2) is 76.6 Å². The fraction of sp³-hybridized carbons (Fsp3) is 0.524. The Kier molecular flexibility index (Phi) is 7.42. The quantitative estimate of drug-likeness (QED) is 0.622. The fourth-order valence-corrected chi connectivity index (χ4v) is 3.65. The molecule has 1 aliphatic rings. The third-order valence-corrected chi connectivity index (χ3v) is 5.37. The molecule has 1 aliphatic heterocycles. The van der Waals surface area contributed by atoms with E-state index in [-0.39, 0.29) is 17.8 Å². The monoisotopic (exact) mass is 448 g/mol. The summed E-state index contributed by atoms with van der Waals surface area (Å²) in [6.45, 7) is 7.37. The number of aromatic nitrogens is 2. The van der Waals surface area contributed by atoms with Crippen molar-refractivity contribution in [1.29, 1.82) is 0 Å².